The maximum atomic E-state index is 13.4. The summed E-state index contributed by atoms with van der Waals surface area (Å²) in [6.45, 7) is 2.04. The molecule has 0 N–H and O–H groups in total. The third-order valence-electron chi connectivity index (χ3n) is 2.68. The number of esters is 1. The van der Waals surface area contributed by atoms with E-state index in [-0.39, 0.29) is 5.92 Å². The monoisotopic (exact) mass is 208 g/mol. The Morgan fingerprint density at radius 1 is 1.40 bits per heavy atom. The normalized spacial score (nSPS) is 28.5. The maximum absolute atomic E-state index is 13.4. The molecular formula is C12H13FO2. The Balaban J connectivity index is 2.06. The van der Waals surface area contributed by atoms with Gasteiger partial charge >= 0.3 is 5.97 Å². The first-order valence-corrected chi connectivity index (χ1v) is 5.11. The van der Waals surface area contributed by atoms with Crippen molar-refractivity contribution in [2.75, 3.05) is 6.61 Å². The lowest BCUT2D eigenvalue weighted by Gasteiger charge is -1.99. The highest BCUT2D eigenvalue weighted by Gasteiger charge is 2.57. The zero-order chi connectivity index (χ0) is 10.8. The van der Waals surface area contributed by atoms with Gasteiger partial charge in [0.2, 0.25) is 0 Å². The Morgan fingerprint density at radius 3 is 2.67 bits per heavy atom. The molecule has 15 heavy (non-hydrogen) atoms. The van der Waals surface area contributed by atoms with Gasteiger partial charge < -0.3 is 4.74 Å². The van der Waals surface area contributed by atoms with Crippen LogP contribution in [-0.2, 0) is 9.53 Å². The second-order valence-electron chi connectivity index (χ2n) is 3.66. The number of carbonyl (C=O) groups is 1. The molecule has 0 bridgehead atoms. The summed E-state index contributed by atoms with van der Waals surface area (Å²) >= 11 is 0. The van der Waals surface area contributed by atoms with E-state index in [4.69, 9.17) is 4.74 Å². The van der Waals surface area contributed by atoms with E-state index in [1.807, 2.05) is 30.3 Å². The third-order valence-corrected chi connectivity index (χ3v) is 2.68. The molecule has 1 aromatic carbocycles. The van der Waals surface area contributed by atoms with Crippen molar-refractivity contribution in [2.24, 2.45) is 5.92 Å². The first kappa shape index (κ1) is 10.1. The standard InChI is InChI=1S/C12H13FO2/c1-2-15-12(14)10-9(11(10)13)8-6-4-3-5-7-8/h3-7,9-11H,2H2,1H3/t9?,10?,11-/m0/s1. The maximum Gasteiger partial charge on any atom is 0.312 e. The van der Waals surface area contributed by atoms with Crippen LogP contribution in [0.25, 0.3) is 0 Å². The first-order valence-electron chi connectivity index (χ1n) is 5.11. The summed E-state index contributed by atoms with van der Waals surface area (Å²) in [4.78, 5) is 11.3. The number of hydrogen-bond donors (Lipinski definition) is 0. The van der Waals surface area contributed by atoms with Gasteiger partial charge in [0.1, 0.15) is 6.17 Å². The van der Waals surface area contributed by atoms with Crippen molar-refractivity contribution in [3.05, 3.63) is 35.9 Å². The van der Waals surface area contributed by atoms with Crippen LogP contribution in [0.3, 0.4) is 0 Å². The van der Waals surface area contributed by atoms with Crippen LogP contribution in [0.4, 0.5) is 4.39 Å². The Morgan fingerprint density at radius 2 is 2.07 bits per heavy atom. The number of halogens is 1. The van der Waals surface area contributed by atoms with E-state index in [0.29, 0.717) is 6.61 Å². The molecular weight excluding hydrogens is 195 g/mol. The molecule has 0 aliphatic heterocycles. The molecule has 1 saturated carbocycles. The van der Waals surface area contributed by atoms with Crippen LogP contribution in [0.2, 0.25) is 0 Å². The lowest BCUT2D eigenvalue weighted by molar-refractivity contribution is -0.145. The molecule has 1 fully saturated rings. The zero-order valence-electron chi connectivity index (χ0n) is 8.52. The Labute approximate surface area is 88.1 Å². The smallest absolute Gasteiger partial charge is 0.312 e. The van der Waals surface area contributed by atoms with Gasteiger partial charge in [-0.1, -0.05) is 30.3 Å². The van der Waals surface area contributed by atoms with Crippen LogP contribution in [0.1, 0.15) is 18.4 Å². The van der Waals surface area contributed by atoms with E-state index in [1.54, 1.807) is 6.92 Å². The summed E-state index contributed by atoms with van der Waals surface area (Å²) in [5.41, 5.74) is 0.878. The lowest BCUT2D eigenvalue weighted by Crippen LogP contribution is -2.08. The summed E-state index contributed by atoms with van der Waals surface area (Å²) in [5, 5.41) is 0. The van der Waals surface area contributed by atoms with E-state index < -0.39 is 18.1 Å². The minimum Gasteiger partial charge on any atom is -0.466 e. The quantitative estimate of drug-likeness (QED) is 0.712. The Hall–Kier alpha value is -1.38. The summed E-state index contributed by atoms with van der Waals surface area (Å²) in [5.74, 6) is -1.31. The lowest BCUT2D eigenvalue weighted by atomic mass is 10.1. The fraction of sp³-hybridized carbons (Fsp3) is 0.417. The van der Waals surface area contributed by atoms with Gasteiger partial charge in [-0.3, -0.25) is 4.79 Å². The predicted molar refractivity (Wildman–Crippen MR) is 54.2 cm³/mol. The van der Waals surface area contributed by atoms with E-state index in [1.165, 1.54) is 0 Å². The Bertz CT molecular complexity index is 350. The molecule has 2 rings (SSSR count). The van der Waals surface area contributed by atoms with Gasteiger partial charge in [-0.15, -0.1) is 0 Å². The van der Waals surface area contributed by atoms with Crippen molar-refractivity contribution < 1.29 is 13.9 Å². The molecule has 2 nitrogen and oxygen atoms in total. The zero-order valence-corrected chi connectivity index (χ0v) is 8.52. The molecule has 0 amide bonds. The number of benzene rings is 1. The minimum atomic E-state index is -1.08. The van der Waals surface area contributed by atoms with Gasteiger partial charge in [-0.2, -0.15) is 0 Å². The van der Waals surface area contributed by atoms with Crippen molar-refractivity contribution in [1.82, 2.24) is 0 Å². The molecule has 3 atom stereocenters. The fourth-order valence-electron chi connectivity index (χ4n) is 1.86. The van der Waals surface area contributed by atoms with E-state index in [2.05, 4.69) is 0 Å². The fourth-order valence-corrected chi connectivity index (χ4v) is 1.86. The summed E-state index contributed by atoms with van der Waals surface area (Å²) < 4.78 is 18.2. The van der Waals surface area contributed by atoms with Crippen LogP contribution in [0, 0.1) is 5.92 Å². The summed E-state index contributed by atoms with van der Waals surface area (Å²) in [7, 11) is 0. The molecule has 2 unspecified atom stereocenters. The van der Waals surface area contributed by atoms with Crippen molar-refractivity contribution in [2.45, 2.75) is 19.0 Å². The van der Waals surface area contributed by atoms with Gasteiger partial charge in [0.15, 0.2) is 0 Å². The molecule has 0 saturated heterocycles. The topological polar surface area (TPSA) is 26.3 Å². The molecule has 1 aromatic rings. The van der Waals surface area contributed by atoms with E-state index in [0.717, 1.165) is 5.56 Å². The number of alkyl halides is 1. The molecule has 80 valence electrons. The minimum absolute atomic E-state index is 0.301. The SMILES string of the molecule is CCOC(=O)C1C(c2ccccc2)[C@@H]1F. The van der Waals surface area contributed by atoms with E-state index >= 15 is 0 Å². The van der Waals surface area contributed by atoms with Crippen LogP contribution >= 0.6 is 0 Å². The van der Waals surface area contributed by atoms with Gasteiger partial charge in [-0.25, -0.2) is 4.39 Å². The first-order chi connectivity index (χ1) is 7.25. The summed E-state index contributed by atoms with van der Waals surface area (Å²) in [6, 6.07) is 9.26. The number of ether oxygens (including phenoxy) is 1. The molecule has 0 radical (unpaired) electrons. The van der Waals surface area contributed by atoms with Crippen LogP contribution in [0.5, 0.6) is 0 Å². The van der Waals surface area contributed by atoms with Crippen molar-refractivity contribution >= 4 is 5.97 Å². The highest BCUT2D eigenvalue weighted by atomic mass is 19.1. The van der Waals surface area contributed by atoms with Gasteiger partial charge in [0.25, 0.3) is 0 Å². The molecule has 0 heterocycles. The number of rotatable bonds is 3. The molecule has 0 spiro atoms. The van der Waals surface area contributed by atoms with Gasteiger partial charge in [-0.05, 0) is 12.5 Å². The highest BCUT2D eigenvalue weighted by molar-refractivity contribution is 5.79. The predicted octanol–water partition coefficient (Wildman–Crippen LogP) is 2.30. The van der Waals surface area contributed by atoms with Crippen LogP contribution in [-0.4, -0.2) is 18.7 Å². The number of hydrogen-bond acceptors (Lipinski definition) is 2. The molecule has 0 aromatic heterocycles. The largest absolute Gasteiger partial charge is 0.466 e. The highest BCUT2D eigenvalue weighted by Crippen LogP contribution is 2.50. The third kappa shape index (κ3) is 1.87. The van der Waals surface area contributed by atoms with Crippen LogP contribution < -0.4 is 0 Å². The summed E-state index contributed by atoms with van der Waals surface area (Å²) in [6.07, 6.45) is -1.08. The second-order valence-corrected chi connectivity index (χ2v) is 3.66. The van der Waals surface area contributed by atoms with Crippen molar-refractivity contribution in [3.8, 4) is 0 Å². The average molecular weight is 208 g/mol. The van der Waals surface area contributed by atoms with Gasteiger partial charge in [0, 0.05) is 5.92 Å². The average Bonchev–Trinajstić information content (AvgIpc) is 2.92. The van der Waals surface area contributed by atoms with Crippen LogP contribution in [0.15, 0.2) is 30.3 Å². The molecule has 1 aliphatic rings. The second kappa shape index (κ2) is 4.01. The number of carbonyl (C=O) groups excluding carboxylic acids is 1. The van der Waals surface area contributed by atoms with Gasteiger partial charge in [0.05, 0.1) is 12.5 Å². The molecule has 3 heteroatoms. The van der Waals surface area contributed by atoms with E-state index in [9.17, 15) is 9.18 Å². The Kier molecular flexibility index (Phi) is 2.71. The molecule has 1 aliphatic carbocycles. The van der Waals surface area contributed by atoms with Crippen molar-refractivity contribution in [3.63, 3.8) is 0 Å². The van der Waals surface area contributed by atoms with Crippen molar-refractivity contribution in [1.29, 1.82) is 0 Å².